The Morgan fingerprint density at radius 2 is 1.79 bits per heavy atom. The first-order valence-electron chi connectivity index (χ1n) is 10.2. The Morgan fingerprint density at radius 1 is 1.00 bits per heavy atom. The highest BCUT2D eigenvalue weighted by Crippen LogP contribution is 2.33. The van der Waals surface area contributed by atoms with Crippen LogP contribution in [0.3, 0.4) is 0 Å². The van der Waals surface area contributed by atoms with Gasteiger partial charge >= 0.3 is 0 Å². The van der Waals surface area contributed by atoms with Gasteiger partial charge < -0.3 is 14.8 Å². The smallest absolute Gasteiger partial charge is 0.264 e. The lowest BCUT2D eigenvalue weighted by Gasteiger charge is -2.13. The third kappa shape index (κ3) is 5.78. The van der Waals surface area contributed by atoms with E-state index in [0.29, 0.717) is 39.4 Å². The number of amidine groups is 1. The molecule has 33 heavy (non-hydrogen) atoms. The molecule has 1 N–H and O–H groups in total. The van der Waals surface area contributed by atoms with Crippen LogP contribution in [0.4, 0.5) is 14.5 Å². The third-order valence-corrected chi connectivity index (χ3v) is 5.52. The number of nitrogens with one attached hydrogen (secondary N) is 1. The largest absolute Gasteiger partial charge is 0.490 e. The lowest BCUT2D eigenvalue weighted by Crippen LogP contribution is -2.19. The number of rotatable bonds is 7. The zero-order valence-corrected chi connectivity index (χ0v) is 18.5. The van der Waals surface area contributed by atoms with Gasteiger partial charge in [0.05, 0.1) is 17.2 Å². The molecule has 3 aromatic rings. The van der Waals surface area contributed by atoms with Crippen LogP contribution in [0.1, 0.15) is 18.1 Å². The topological polar surface area (TPSA) is 59.9 Å². The average molecular weight is 467 g/mol. The highest BCUT2D eigenvalue weighted by molar-refractivity contribution is 8.18. The van der Waals surface area contributed by atoms with Gasteiger partial charge in [-0.1, -0.05) is 24.3 Å². The van der Waals surface area contributed by atoms with E-state index < -0.39 is 0 Å². The van der Waals surface area contributed by atoms with Crippen molar-refractivity contribution in [2.75, 3.05) is 6.61 Å². The Morgan fingerprint density at radius 3 is 2.55 bits per heavy atom. The van der Waals surface area contributed by atoms with Crippen molar-refractivity contribution in [3.63, 3.8) is 0 Å². The van der Waals surface area contributed by atoms with Crippen molar-refractivity contribution in [2.45, 2.75) is 13.5 Å². The third-order valence-electron chi connectivity index (χ3n) is 4.61. The summed E-state index contributed by atoms with van der Waals surface area (Å²) in [6.45, 7) is 2.33. The molecule has 8 heteroatoms. The van der Waals surface area contributed by atoms with Crippen molar-refractivity contribution in [2.24, 2.45) is 4.99 Å². The highest BCUT2D eigenvalue weighted by Gasteiger charge is 2.24. The Kier molecular flexibility index (Phi) is 7.04. The molecule has 0 unspecified atom stereocenters. The van der Waals surface area contributed by atoms with Crippen LogP contribution in [0.2, 0.25) is 0 Å². The molecule has 0 bridgehead atoms. The monoisotopic (exact) mass is 466 g/mol. The van der Waals surface area contributed by atoms with E-state index in [2.05, 4.69) is 10.3 Å². The molecule has 168 valence electrons. The maximum absolute atomic E-state index is 13.9. The fourth-order valence-corrected chi connectivity index (χ4v) is 3.88. The van der Waals surface area contributed by atoms with Crippen molar-refractivity contribution in [3.8, 4) is 11.5 Å². The summed E-state index contributed by atoms with van der Waals surface area (Å²) in [4.78, 5) is 17.2. The Balaban J connectivity index is 1.51. The van der Waals surface area contributed by atoms with Gasteiger partial charge in [0.25, 0.3) is 5.91 Å². The number of benzene rings is 3. The molecule has 0 radical (unpaired) electrons. The predicted molar refractivity (Wildman–Crippen MR) is 126 cm³/mol. The van der Waals surface area contributed by atoms with Gasteiger partial charge in [-0.05, 0) is 72.8 Å². The van der Waals surface area contributed by atoms with E-state index >= 15 is 0 Å². The van der Waals surface area contributed by atoms with Crippen molar-refractivity contribution in [3.05, 3.63) is 94.4 Å². The fourth-order valence-electron chi connectivity index (χ4n) is 3.04. The summed E-state index contributed by atoms with van der Waals surface area (Å²) in [6.07, 6.45) is 1.72. The van der Waals surface area contributed by atoms with E-state index in [9.17, 15) is 13.6 Å². The molecule has 0 saturated carbocycles. The maximum atomic E-state index is 13.9. The van der Waals surface area contributed by atoms with E-state index in [-0.39, 0.29) is 24.1 Å². The van der Waals surface area contributed by atoms with Gasteiger partial charge in [-0.25, -0.2) is 13.8 Å². The van der Waals surface area contributed by atoms with Gasteiger partial charge in [-0.3, -0.25) is 4.79 Å². The molecule has 0 spiro atoms. The Labute approximate surface area is 194 Å². The van der Waals surface area contributed by atoms with E-state index in [4.69, 9.17) is 9.47 Å². The Bertz CT molecular complexity index is 1230. The second-order valence-corrected chi connectivity index (χ2v) is 8.01. The van der Waals surface area contributed by atoms with Gasteiger partial charge in [0.15, 0.2) is 16.7 Å². The molecule has 1 amide bonds. The number of hydrogen-bond acceptors (Lipinski definition) is 5. The summed E-state index contributed by atoms with van der Waals surface area (Å²) in [5.74, 6) is 0.00288. The minimum absolute atomic E-state index is 0.0641. The second kappa shape index (κ2) is 10.3. The lowest BCUT2D eigenvalue weighted by molar-refractivity contribution is -0.115. The molecule has 0 aliphatic carbocycles. The van der Waals surface area contributed by atoms with Crippen molar-refractivity contribution >= 4 is 34.6 Å². The number of amides is 1. The van der Waals surface area contributed by atoms with Crippen LogP contribution in [0, 0.1) is 11.6 Å². The van der Waals surface area contributed by atoms with Crippen LogP contribution in [0.25, 0.3) is 6.08 Å². The summed E-state index contributed by atoms with van der Waals surface area (Å²) in [5, 5.41) is 3.11. The van der Waals surface area contributed by atoms with E-state index in [0.717, 1.165) is 5.56 Å². The molecule has 5 nitrogen and oxygen atoms in total. The standard InChI is InChI=1S/C25H20F2N2O3S/c1-2-31-22-13-16(7-12-21(22)32-15-17-5-3-4-6-20(17)27)14-23-24(30)29-25(33-23)28-19-10-8-18(26)9-11-19/h3-14H,2,15H2,1H3,(H,28,29,30)/b23-14+. The van der Waals surface area contributed by atoms with Crippen LogP contribution in [-0.2, 0) is 11.4 Å². The molecule has 0 aromatic heterocycles. The van der Waals surface area contributed by atoms with Crippen LogP contribution >= 0.6 is 11.8 Å². The van der Waals surface area contributed by atoms with Gasteiger partial charge in [0, 0.05) is 5.56 Å². The zero-order valence-electron chi connectivity index (χ0n) is 17.7. The highest BCUT2D eigenvalue weighted by atomic mass is 32.2. The number of hydrogen-bond donors (Lipinski definition) is 1. The van der Waals surface area contributed by atoms with Gasteiger partial charge in [-0.15, -0.1) is 0 Å². The van der Waals surface area contributed by atoms with E-state index in [1.54, 1.807) is 42.5 Å². The number of carbonyl (C=O) groups excluding carboxylic acids is 1. The maximum Gasteiger partial charge on any atom is 0.264 e. The van der Waals surface area contributed by atoms with Crippen LogP contribution in [-0.4, -0.2) is 17.7 Å². The first kappa shape index (κ1) is 22.5. The molecular weight excluding hydrogens is 446 g/mol. The van der Waals surface area contributed by atoms with Crippen molar-refractivity contribution in [1.29, 1.82) is 0 Å². The predicted octanol–water partition coefficient (Wildman–Crippen LogP) is 5.83. The average Bonchev–Trinajstić information content (AvgIpc) is 3.14. The number of aliphatic imine (C=N–C) groups is 1. The normalized spacial score (nSPS) is 15.7. The minimum atomic E-state index is -0.353. The molecule has 1 fully saturated rings. The molecule has 1 aliphatic rings. The summed E-state index contributed by atoms with van der Waals surface area (Å²) < 4.78 is 38.4. The number of thioether (sulfide) groups is 1. The number of ether oxygens (including phenoxy) is 2. The SMILES string of the molecule is CCOc1cc(/C=C2/SC(=Nc3ccc(F)cc3)NC2=O)ccc1OCc1ccccc1F. The molecule has 0 atom stereocenters. The summed E-state index contributed by atoms with van der Waals surface area (Å²) in [7, 11) is 0. The van der Waals surface area contributed by atoms with Crippen LogP contribution < -0.4 is 14.8 Å². The zero-order chi connectivity index (χ0) is 23.2. The number of halogens is 2. The van der Waals surface area contributed by atoms with Crippen molar-refractivity contribution in [1.82, 2.24) is 5.32 Å². The van der Waals surface area contributed by atoms with E-state index in [1.165, 1.54) is 42.1 Å². The quantitative estimate of drug-likeness (QED) is 0.445. The molecular formula is C25H20F2N2O3S. The summed E-state index contributed by atoms with van der Waals surface area (Å²) in [6, 6.07) is 17.4. The Hall–Kier alpha value is -3.65. The van der Waals surface area contributed by atoms with Gasteiger partial charge in [-0.2, -0.15) is 0 Å². The molecule has 1 aliphatic heterocycles. The first-order chi connectivity index (χ1) is 16.0. The second-order valence-electron chi connectivity index (χ2n) is 6.98. The fraction of sp³-hybridized carbons (Fsp3) is 0.120. The first-order valence-corrected chi connectivity index (χ1v) is 11.0. The van der Waals surface area contributed by atoms with Crippen LogP contribution in [0.15, 0.2) is 76.6 Å². The van der Waals surface area contributed by atoms with E-state index in [1.807, 2.05) is 6.92 Å². The summed E-state index contributed by atoms with van der Waals surface area (Å²) in [5.41, 5.74) is 1.71. The molecule has 1 heterocycles. The van der Waals surface area contributed by atoms with Gasteiger partial charge in [0.1, 0.15) is 18.2 Å². The van der Waals surface area contributed by atoms with Crippen LogP contribution in [0.5, 0.6) is 11.5 Å². The van der Waals surface area contributed by atoms with Crippen molar-refractivity contribution < 1.29 is 23.0 Å². The lowest BCUT2D eigenvalue weighted by atomic mass is 10.1. The minimum Gasteiger partial charge on any atom is -0.490 e. The molecule has 3 aromatic carbocycles. The molecule has 1 saturated heterocycles. The summed E-state index contributed by atoms with van der Waals surface area (Å²) >= 11 is 1.19. The number of carbonyl (C=O) groups is 1. The number of nitrogens with zero attached hydrogens (tertiary/aromatic N) is 1. The van der Waals surface area contributed by atoms with Gasteiger partial charge in [0.2, 0.25) is 0 Å². The molecule has 4 rings (SSSR count).